The van der Waals surface area contributed by atoms with Gasteiger partial charge in [0.15, 0.2) is 0 Å². The van der Waals surface area contributed by atoms with Crippen molar-refractivity contribution >= 4 is 23.5 Å². The fraction of sp³-hybridized carbons (Fsp3) is 1.00. The van der Waals surface area contributed by atoms with E-state index >= 15 is 0 Å². The Balaban J connectivity index is 2.60. The van der Waals surface area contributed by atoms with E-state index in [1.54, 1.807) is 0 Å². The highest BCUT2D eigenvalue weighted by Gasteiger charge is 2.40. The second-order valence-corrected chi connectivity index (χ2v) is 8.41. The standard InChI is InChI=1S/C6H15O13P3/c1-3-5(7)6(8)4(17-3)2-16-21(12,13)19-22(14,15)18-20(9,10)11/h3-8H,2H2,1H3,(H,12,13)(H,14,15)(H2,9,10,11)/p-4/t3-,4+,5?,6-/m0/s1. The largest absolute Gasteiger partial charge is 0.790 e. The van der Waals surface area contributed by atoms with Gasteiger partial charge in [-0.05, 0) is 6.92 Å². The molecule has 0 aromatic rings. The molecule has 1 aliphatic rings. The van der Waals surface area contributed by atoms with Crippen LogP contribution in [0.3, 0.4) is 0 Å². The second kappa shape index (κ2) is 7.04. The summed E-state index contributed by atoms with van der Waals surface area (Å²) in [7, 11) is -17.7. The first-order valence-electron chi connectivity index (χ1n) is 5.45. The van der Waals surface area contributed by atoms with E-state index in [0.717, 1.165) is 0 Å². The number of aliphatic hydroxyl groups is 2. The van der Waals surface area contributed by atoms with Gasteiger partial charge in [-0.3, -0.25) is 13.4 Å². The summed E-state index contributed by atoms with van der Waals surface area (Å²) >= 11 is 0. The van der Waals surface area contributed by atoms with Crippen molar-refractivity contribution in [3.63, 3.8) is 0 Å². The number of rotatable bonds is 7. The average molecular weight is 384 g/mol. The smallest absolute Gasteiger partial charge is 0.278 e. The van der Waals surface area contributed by atoms with Crippen molar-refractivity contribution in [2.24, 2.45) is 0 Å². The fourth-order valence-electron chi connectivity index (χ4n) is 1.52. The van der Waals surface area contributed by atoms with Crippen LogP contribution in [0.5, 0.6) is 0 Å². The maximum absolute atomic E-state index is 11.2. The zero-order valence-corrected chi connectivity index (χ0v) is 13.4. The molecular weight excluding hydrogens is 373 g/mol. The summed E-state index contributed by atoms with van der Waals surface area (Å²) in [4.78, 5) is 42.3. The van der Waals surface area contributed by atoms with Crippen LogP contribution in [0.4, 0.5) is 0 Å². The molecule has 22 heavy (non-hydrogen) atoms. The molecule has 1 fully saturated rings. The van der Waals surface area contributed by atoms with E-state index in [1.807, 2.05) is 0 Å². The summed E-state index contributed by atoms with van der Waals surface area (Å²) in [6, 6.07) is 0. The van der Waals surface area contributed by atoms with Crippen molar-refractivity contribution < 1.29 is 61.4 Å². The van der Waals surface area contributed by atoms with Crippen LogP contribution in [-0.2, 0) is 31.6 Å². The molecule has 1 heterocycles. The Labute approximate surface area is 123 Å². The first kappa shape index (κ1) is 20.3. The molecule has 1 aliphatic heterocycles. The van der Waals surface area contributed by atoms with E-state index in [9.17, 15) is 43.5 Å². The summed E-state index contributed by atoms with van der Waals surface area (Å²) in [5.74, 6) is 0. The van der Waals surface area contributed by atoms with Crippen LogP contribution >= 0.6 is 23.5 Å². The first-order valence-corrected chi connectivity index (χ1v) is 9.83. The Hall–Kier alpha value is 0.290. The van der Waals surface area contributed by atoms with Crippen molar-refractivity contribution in [3.05, 3.63) is 0 Å². The van der Waals surface area contributed by atoms with E-state index in [0.29, 0.717) is 0 Å². The molecule has 0 radical (unpaired) electrons. The monoisotopic (exact) mass is 384 g/mol. The normalized spacial score (nSPS) is 35.0. The summed E-state index contributed by atoms with van der Waals surface area (Å²) in [5.41, 5.74) is 0. The molecule has 0 aromatic carbocycles. The van der Waals surface area contributed by atoms with Gasteiger partial charge < -0.3 is 43.6 Å². The predicted octanol–water partition coefficient (Wildman–Crippen LogP) is -3.69. The zero-order chi connectivity index (χ0) is 17.3. The molecule has 0 bridgehead atoms. The van der Waals surface area contributed by atoms with Gasteiger partial charge >= 0.3 is 0 Å². The summed E-state index contributed by atoms with van der Waals surface area (Å²) in [6.07, 6.45) is -4.97. The van der Waals surface area contributed by atoms with Crippen LogP contribution < -0.4 is 19.6 Å². The molecule has 0 aromatic heterocycles. The van der Waals surface area contributed by atoms with E-state index in [4.69, 9.17) is 4.74 Å². The van der Waals surface area contributed by atoms with Gasteiger partial charge in [0.25, 0.3) is 15.6 Å². The molecule has 6 atom stereocenters. The number of hydrogen-bond acceptors (Lipinski definition) is 13. The maximum atomic E-state index is 11.2. The SMILES string of the molecule is C[C@@H]1O[C@H](COP(=O)([O-])OP(=O)([O-])OP(=O)([O-])[O-])[C@H](O)C1O. The highest BCUT2D eigenvalue weighted by Crippen LogP contribution is 2.60. The average Bonchev–Trinajstić information content (AvgIpc) is 2.49. The van der Waals surface area contributed by atoms with E-state index in [-0.39, 0.29) is 0 Å². The third-order valence-electron chi connectivity index (χ3n) is 2.40. The molecular formula is C6H11O13P3-4. The number of phosphoric ester groups is 1. The maximum Gasteiger partial charge on any atom is 0.278 e. The molecule has 1 saturated heterocycles. The Morgan fingerprint density at radius 1 is 1.00 bits per heavy atom. The number of aliphatic hydroxyl groups excluding tert-OH is 2. The van der Waals surface area contributed by atoms with Crippen molar-refractivity contribution in [2.45, 2.75) is 31.3 Å². The molecule has 0 saturated carbocycles. The van der Waals surface area contributed by atoms with Crippen LogP contribution in [0.25, 0.3) is 0 Å². The van der Waals surface area contributed by atoms with Crippen molar-refractivity contribution in [1.29, 1.82) is 0 Å². The van der Waals surface area contributed by atoms with E-state index in [1.165, 1.54) is 6.92 Å². The minimum atomic E-state index is -6.05. The van der Waals surface area contributed by atoms with Gasteiger partial charge in [0, 0.05) is 0 Å². The van der Waals surface area contributed by atoms with Crippen molar-refractivity contribution in [1.82, 2.24) is 0 Å². The summed E-state index contributed by atoms with van der Waals surface area (Å²) < 4.78 is 47.4. The summed E-state index contributed by atoms with van der Waals surface area (Å²) in [5, 5.41) is 18.8. The Kier molecular flexibility index (Phi) is 6.51. The molecule has 0 amide bonds. The zero-order valence-electron chi connectivity index (χ0n) is 10.7. The third kappa shape index (κ3) is 6.42. The van der Waals surface area contributed by atoms with Crippen LogP contribution in [0.1, 0.15) is 6.92 Å². The van der Waals surface area contributed by atoms with E-state index < -0.39 is 54.5 Å². The molecule has 0 spiro atoms. The lowest BCUT2D eigenvalue weighted by Gasteiger charge is -2.37. The quantitative estimate of drug-likeness (QED) is 0.404. The minimum absolute atomic E-state index is 0.837. The lowest BCUT2D eigenvalue weighted by Crippen LogP contribution is -2.34. The van der Waals surface area contributed by atoms with Gasteiger partial charge in [0.1, 0.15) is 18.3 Å². The second-order valence-electron chi connectivity index (χ2n) is 4.16. The number of ether oxygens (including phenoxy) is 1. The topological polar surface area (TPSA) is 221 Å². The molecule has 1 rings (SSSR count). The van der Waals surface area contributed by atoms with E-state index in [2.05, 4.69) is 13.1 Å². The van der Waals surface area contributed by atoms with Gasteiger partial charge in [-0.15, -0.1) is 0 Å². The lowest BCUT2D eigenvalue weighted by atomic mass is 10.1. The van der Waals surface area contributed by atoms with Crippen LogP contribution in [0.2, 0.25) is 0 Å². The van der Waals surface area contributed by atoms with Gasteiger partial charge in [-0.1, -0.05) is 0 Å². The minimum Gasteiger partial charge on any atom is -0.790 e. The van der Waals surface area contributed by atoms with Crippen molar-refractivity contribution in [2.75, 3.05) is 6.61 Å². The van der Waals surface area contributed by atoms with Crippen LogP contribution in [0, 0.1) is 0 Å². The molecule has 13 nitrogen and oxygen atoms in total. The van der Waals surface area contributed by atoms with Crippen LogP contribution in [0.15, 0.2) is 0 Å². The molecule has 2 N–H and O–H groups in total. The molecule has 16 heteroatoms. The molecule has 3 unspecified atom stereocenters. The van der Waals surface area contributed by atoms with Crippen molar-refractivity contribution in [3.8, 4) is 0 Å². The predicted molar refractivity (Wildman–Crippen MR) is 57.3 cm³/mol. The highest BCUT2D eigenvalue weighted by atomic mass is 31.3. The molecule has 0 aliphatic carbocycles. The van der Waals surface area contributed by atoms with Gasteiger partial charge in [-0.2, -0.15) is 0 Å². The first-order chi connectivity index (χ1) is 9.72. The fourth-order valence-corrected chi connectivity index (χ4v) is 4.39. The Morgan fingerprint density at radius 3 is 1.95 bits per heavy atom. The van der Waals surface area contributed by atoms with Crippen LogP contribution in [-0.4, -0.2) is 41.2 Å². The molecule has 132 valence electrons. The summed E-state index contributed by atoms with van der Waals surface area (Å²) in [6.45, 7) is 0.441. The third-order valence-corrected chi connectivity index (χ3v) is 6.06. The lowest BCUT2D eigenvalue weighted by molar-refractivity contribution is -0.339. The Bertz CT molecular complexity index is 528. The highest BCUT2D eigenvalue weighted by molar-refractivity contribution is 7.64. The van der Waals surface area contributed by atoms with Gasteiger partial charge in [0.05, 0.1) is 20.5 Å². The number of phosphoric acid groups is 3. The van der Waals surface area contributed by atoms with Gasteiger partial charge in [-0.25, -0.2) is 4.31 Å². The van der Waals surface area contributed by atoms with Gasteiger partial charge in [0.2, 0.25) is 0 Å². The Morgan fingerprint density at radius 2 is 1.55 bits per heavy atom. The number of hydrogen-bond donors (Lipinski definition) is 2.